The molecular weight excluding hydrogens is 404 g/mol. The van der Waals surface area contributed by atoms with E-state index in [0.717, 1.165) is 11.1 Å². The number of imide groups is 1. The van der Waals surface area contributed by atoms with Gasteiger partial charge in [-0.15, -0.1) is 0 Å². The molecule has 0 atom stereocenters. The molecule has 0 radical (unpaired) electrons. The Hall–Kier alpha value is -3.85. The molecule has 3 N–H and O–H groups in total. The SMILES string of the molecule is Cc1ccc(N=Cc2c(O)[nH]c(=S)[nH]c2=O)cc1CN1C(=O)c2ccccc2C1=O. The van der Waals surface area contributed by atoms with Crippen molar-refractivity contribution in [3.8, 4) is 5.88 Å². The maximum absolute atomic E-state index is 12.6. The lowest BCUT2D eigenvalue weighted by atomic mass is 10.1. The zero-order chi connectivity index (χ0) is 21.4. The van der Waals surface area contributed by atoms with E-state index in [1.54, 1.807) is 36.4 Å². The molecule has 1 aliphatic rings. The number of nitrogens with one attached hydrogen (secondary N) is 2. The zero-order valence-corrected chi connectivity index (χ0v) is 16.6. The fourth-order valence-corrected chi connectivity index (χ4v) is 3.39. The number of aryl methyl sites for hydroxylation is 1. The molecule has 0 saturated heterocycles. The summed E-state index contributed by atoms with van der Waals surface area (Å²) in [6.45, 7) is 1.97. The third-order valence-corrected chi connectivity index (χ3v) is 5.04. The summed E-state index contributed by atoms with van der Waals surface area (Å²) in [6.07, 6.45) is 1.22. The number of aromatic nitrogens is 2. The van der Waals surface area contributed by atoms with E-state index >= 15 is 0 Å². The summed E-state index contributed by atoms with van der Waals surface area (Å²) in [7, 11) is 0. The van der Waals surface area contributed by atoms with Gasteiger partial charge in [-0.1, -0.05) is 18.2 Å². The van der Waals surface area contributed by atoms with Gasteiger partial charge in [0.15, 0.2) is 4.77 Å². The quantitative estimate of drug-likeness (QED) is 0.341. The first-order chi connectivity index (χ1) is 14.3. The maximum Gasteiger partial charge on any atom is 0.264 e. The van der Waals surface area contributed by atoms with Crippen LogP contribution in [0.2, 0.25) is 0 Å². The van der Waals surface area contributed by atoms with E-state index in [2.05, 4.69) is 15.0 Å². The molecule has 2 heterocycles. The van der Waals surface area contributed by atoms with Gasteiger partial charge in [-0.25, -0.2) is 0 Å². The van der Waals surface area contributed by atoms with E-state index in [9.17, 15) is 19.5 Å². The number of H-pyrrole nitrogens is 2. The third-order valence-electron chi connectivity index (χ3n) is 4.84. The topological polar surface area (TPSA) is 119 Å². The molecule has 150 valence electrons. The van der Waals surface area contributed by atoms with Crippen molar-refractivity contribution >= 4 is 35.9 Å². The smallest absolute Gasteiger partial charge is 0.264 e. The number of aromatic amines is 2. The predicted octanol–water partition coefficient (Wildman–Crippen LogP) is 2.99. The molecule has 1 aromatic heterocycles. The average molecular weight is 420 g/mol. The van der Waals surface area contributed by atoms with Crippen LogP contribution >= 0.6 is 12.2 Å². The Bertz CT molecular complexity index is 1300. The van der Waals surface area contributed by atoms with Crippen molar-refractivity contribution in [2.24, 2.45) is 4.99 Å². The summed E-state index contributed by atoms with van der Waals surface area (Å²) in [5.74, 6) is -1.05. The number of aliphatic imine (C=N–C) groups is 1. The Morgan fingerprint density at radius 2 is 1.73 bits per heavy atom. The summed E-state index contributed by atoms with van der Waals surface area (Å²) in [5.41, 5.74) is 2.27. The molecule has 0 aliphatic carbocycles. The van der Waals surface area contributed by atoms with Crippen molar-refractivity contribution in [3.63, 3.8) is 0 Å². The number of nitrogens with zero attached hydrogens (tertiary/aromatic N) is 2. The van der Waals surface area contributed by atoms with Crippen LogP contribution in [0.3, 0.4) is 0 Å². The van der Waals surface area contributed by atoms with Crippen LogP contribution in [0.1, 0.15) is 37.4 Å². The highest BCUT2D eigenvalue weighted by atomic mass is 32.1. The van der Waals surface area contributed by atoms with Crippen molar-refractivity contribution in [2.75, 3.05) is 0 Å². The summed E-state index contributed by atoms with van der Waals surface area (Å²) in [4.78, 5) is 47.4. The van der Waals surface area contributed by atoms with Crippen LogP contribution < -0.4 is 5.56 Å². The highest BCUT2D eigenvalue weighted by Crippen LogP contribution is 2.26. The van der Waals surface area contributed by atoms with Gasteiger partial charge in [0, 0.05) is 6.21 Å². The van der Waals surface area contributed by atoms with E-state index in [0.29, 0.717) is 16.8 Å². The summed E-state index contributed by atoms with van der Waals surface area (Å²) >= 11 is 4.79. The Kier molecular flexibility index (Phi) is 4.88. The molecule has 2 amide bonds. The van der Waals surface area contributed by atoms with E-state index in [-0.39, 0.29) is 34.6 Å². The second-order valence-electron chi connectivity index (χ2n) is 6.78. The second kappa shape index (κ2) is 7.53. The van der Waals surface area contributed by atoms with Crippen molar-refractivity contribution in [1.82, 2.24) is 14.9 Å². The molecule has 3 aromatic rings. The average Bonchev–Trinajstić information content (AvgIpc) is 2.94. The largest absolute Gasteiger partial charge is 0.494 e. The lowest BCUT2D eigenvalue weighted by Crippen LogP contribution is -2.29. The van der Waals surface area contributed by atoms with Gasteiger partial charge in [0.1, 0.15) is 5.56 Å². The van der Waals surface area contributed by atoms with Crippen molar-refractivity contribution in [2.45, 2.75) is 13.5 Å². The number of carbonyl (C=O) groups excluding carboxylic acids is 2. The van der Waals surface area contributed by atoms with E-state index in [4.69, 9.17) is 12.2 Å². The van der Waals surface area contributed by atoms with Crippen LogP contribution in [0, 0.1) is 11.7 Å². The Balaban J connectivity index is 1.62. The van der Waals surface area contributed by atoms with Gasteiger partial charge in [-0.05, 0) is 54.5 Å². The van der Waals surface area contributed by atoms with Crippen LogP contribution in [0.15, 0.2) is 52.3 Å². The maximum atomic E-state index is 12.6. The summed E-state index contributed by atoms with van der Waals surface area (Å²) < 4.78 is 0.00761. The first kappa shape index (κ1) is 19.5. The number of aromatic hydroxyl groups is 1. The molecule has 2 aromatic carbocycles. The van der Waals surface area contributed by atoms with Crippen LogP contribution in [0.5, 0.6) is 5.88 Å². The van der Waals surface area contributed by atoms with Gasteiger partial charge in [0.25, 0.3) is 17.4 Å². The van der Waals surface area contributed by atoms with Gasteiger partial charge in [0.05, 0.1) is 23.4 Å². The Morgan fingerprint density at radius 3 is 2.37 bits per heavy atom. The normalized spacial score (nSPS) is 13.3. The lowest BCUT2D eigenvalue weighted by molar-refractivity contribution is 0.0642. The van der Waals surface area contributed by atoms with Gasteiger partial charge >= 0.3 is 0 Å². The fourth-order valence-electron chi connectivity index (χ4n) is 3.20. The minimum Gasteiger partial charge on any atom is -0.494 e. The van der Waals surface area contributed by atoms with E-state index in [1.165, 1.54) is 11.1 Å². The molecule has 30 heavy (non-hydrogen) atoms. The monoisotopic (exact) mass is 420 g/mol. The lowest BCUT2D eigenvalue weighted by Gasteiger charge is -2.16. The number of carbonyl (C=O) groups is 2. The number of rotatable bonds is 4. The second-order valence-corrected chi connectivity index (χ2v) is 7.19. The summed E-state index contributed by atoms with van der Waals surface area (Å²) in [6, 6.07) is 12.0. The Morgan fingerprint density at radius 1 is 1.07 bits per heavy atom. The molecule has 0 spiro atoms. The number of benzene rings is 2. The molecular formula is C21H16N4O4S. The van der Waals surface area contributed by atoms with Crippen LogP contribution in [0.25, 0.3) is 0 Å². The highest BCUT2D eigenvalue weighted by molar-refractivity contribution is 7.71. The Labute approximate surface area is 175 Å². The van der Waals surface area contributed by atoms with Gasteiger partial charge in [-0.2, -0.15) is 0 Å². The van der Waals surface area contributed by atoms with Gasteiger partial charge in [0.2, 0.25) is 5.88 Å². The molecule has 1 aliphatic heterocycles. The zero-order valence-electron chi connectivity index (χ0n) is 15.8. The number of hydrogen-bond donors (Lipinski definition) is 3. The van der Waals surface area contributed by atoms with Crippen molar-refractivity contribution in [3.05, 3.63) is 85.4 Å². The van der Waals surface area contributed by atoms with Crippen LogP contribution in [-0.4, -0.2) is 38.0 Å². The molecule has 4 rings (SSSR count). The standard InChI is InChI=1S/C21H16N4O4S/c1-11-6-7-13(22-9-16-17(26)23-21(30)24-18(16)27)8-12(11)10-25-19(28)14-4-2-3-5-15(14)20(25)29/h2-9H,10H2,1H3,(H3,23,24,26,27,30). The van der Waals surface area contributed by atoms with Gasteiger partial charge < -0.3 is 10.1 Å². The predicted molar refractivity (Wildman–Crippen MR) is 113 cm³/mol. The van der Waals surface area contributed by atoms with Crippen molar-refractivity contribution < 1.29 is 14.7 Å². The minimum atomic E-state index is -0.571. The van der Waals surface area contributed by atoms with E-state index < -0.39 is 5.56 Å². The molecule has 0 unspecified atom stereocenters. The highest BCUT2D eigenvalue weighted by Gasteiger charge is 2.35. The molecule has 0 bridgehead atoms. The minimum absolute atomic E-state index is 0.00761. The fraction of sp³-hybridized carbons (Fsp3) is 0.0952. The molecule has 8 nitrogen and oxygen atoms in total. The molecule has 0 saturated carbocycles. The van der Waals surface area contributed by atoms with Gasteiger partial charge in [-0.3, -0.25) is 29.3 Å². The van der Waals surface area contributed by atoms with Crippen LogP contribution in [-0.2, 0) is 6.54 Å². The first-order valence-electron chi connectivity index (χ1n) is 8.99. The third kappa shape index (κ3) is 3.46. The number of fused-ring (bicyclic) bond motifs is 1. The van der Waals surface area contributed by atoms with Crippen molar-refractivity contribution in [1.29, 1.82) is 0 Å². The van der Waals surface area contributed by atoms with Crippen LogP contribution in [0.4, 0.5) is 5.69 Å². The first-order valence-corrected chi connectivity index (χ1v) is 9.40. The number of hydrogen-bond acceptors (Lipinski definition) is 6. The number of amides is 2. The van der Waals surface area contributed by atoms with E-state index in [1.807, 2.05) is 13.0 Å². The molecule has 0 fully saturated rings. The molecule has 9 heteroatoms. The summed E-state index contributed by atoms with van der Waals surface area (Å²) in [5, 5.41) is 9.87.